The zero-order valence-electron chi connectivity index (χ0n) is 6.02. The van der Waals surface area contributed by atoms with Crippen molar-refractivity contribution in [2.75, 3.05) is 0 Å². The Balaban J connectivity index is 2.03. The topological polar surface area (TPSA) is 64.6 Å². The fourth-order valence-corrected chi connectivity index (χ4v) is 2.70. The Morgan fingerprint density at radius 1 is 1.00 bits per heavy atom. The van der Waals surface area contributed by atoms with Crippen LogP contribution >= 0.6 is 11.2 Å². The predicted octanol–water partition coefficient (Wildman–Crippen LogP) is 1.24. The minimum Gasteiger partial charge on any atom is -0.783 e. The zero-order chi connectivity index (χ0) is 7.90. The maximum absolute atomic E-state index is 10.8. The first-order valence-corrected chi connectivity index (χ1v) is 5.12. The molecule has 0 aromatic rings. The maximum Gasteiger partial charge on any atom is 0.0973 e. The van der Waals surface area contributed by atoms with Crippen LogP contribution in [0.2, 0.25) is 0 Å². The van der Waals surface area contributed by atoms with Crippen LogP contribution < -0.4 is 0 Å². The van der Waals surface area contributed by atoms with Gasteiger partial charge in [-0.15, -0.1) is 0 Å². The Bertz CT molecular complexity index is 145. The molecule has 2 rings (SSSR count). The molecule has 5 heteroatoms. The molecule has 0 radical (unpaired) electrons. The van der Waals surface area contributed by atoms with Gasteiger partial charge < -0.3 is 17.5 Å². The summed E-state index contributed by atoms with van der Waals surface area (Å²) in [5.41, 5.74) is 0. The molecule has 1 aliphatic carbocycles. The third kappa shape index (κ3) is 1.52. The summed E-state index contributed by atoms with van der Waals surface area (Å²) < 4.78 is 30.9. The lowest BCUT2D eigenvalue weighted by Crippen LogP contribution is -2.25. The van der Waals surface area contributed by atoms with Crippen LogP contribution in [-0.2, 0) is 8.37 Å². The summed E-state index contributed by atoms with van der Waals surface area (Å²) in [6.45, 7) is 0. The average molecular weight is 178 g/mol. The highest BCUT2D eigenvalue weighted by molar-refractivity contribution is 8.16. The summed E-state index contributed by atoms with van der Waals surface area (Å²) >= 11 is -3.63. The van der Waals surface area contributed by atoms with Crippen molar-refractivity contribution in [1.29, 1.82) is 0 Å². The first-order valence-electron chi connectivity index (χ1n) is 3.79. The number of hydrogen-bond donors (Lipinski definition) is 0. The van der Waals surface area contributed by atoms with Gasteiger partial charge in [-0.05, 0) is 12.8 Å². The molecule has 0 bridgehead atoms. The van der Waals surface area contributed by atoms with Crippen molar-refractivity contribution in [1.82, 2.24) is 0 Å². The van der Waals surface area contributed by atoms with Gasteiger partial charge in [-0.2, -0.15) is 11.2 Å². The van der Waals surface area contributed by atoms with E-state index in [1.807, 2.05) is 0 Å². The van der Waals surface area contributed by atoms with Gasteiger partial charge in [0.1, 0.15) is 0 Å². The van der Waals surface area contributed by atoms with Crippen molar-refractivity contribution in [2.24, 2.45) is 0 Å². The molecule has 2 fully saturated rings. The predicted molar refractivity (Wildman–Crippen MR) is 37.4 cm³/mol. The largest absolute Gasteiger partial charge is 0.783 e. The van der Waals surface area contributed by atoms with E-state index in [1.54, 1.807) is 0 Å². The molecule has 1 saturated heterocycles. The molecule has 1 heterocycles. The van der Waals surface area contributed by atoms with Gasteiger partial charge in [0.15, 0.2) is 0 Å². The highest BCUT2D eigenvalue weighted by atomic mass is 32.3. The second-order valence-corrected chi connectivity index (χ2v) is 4.16. The second-order valence-electron chi connectivity index (χ2n) is 2.96. The van der Waals surface area contributed by atoms with Gasteiger partial charge >= 0.3 is 0 Å². The third-order valence-corrected chi connectivity index (χ3v) is 3.09. The Hall–Kier alpha value is 0.190. The highest BCUT2D eigenvalue weighted by Gasteiger charge is 2.34. The number of rotatable bonds is 0. The summed E-state index contributed by atoms with van der Waals surface area (Å²) in [6.07, 6.45) is 3.30. The standard InChI is InChI=1S/C6H12O4S/c7-11(8)9-5-3-1-2-4-6(5)10-11/h5-8H,1-4H2/p-2. The molecule has 0 spiro atoms. The van der Waals surface area contributed by atoms with E-state index < -0.39 is 11.2 Å². The third-order valence-electron chi connectivity index (χ3n) is 2.12. The lowest BCUT2D eigenvalue weighted by atomic mass is 9.95. The lowest BCUT2D eigenvalue weighted by Gasteiger charge is -2.46. The highest BCUT2D eigenvalue weighted by Crippen LogP contribution is 2.53. The summed E-state index contributed by atoms with van der Waals surface area (Å²) in [6, 6.07) is 0. The number of fused-ring (bicyclic) bond motifs is 1. The van der Waals surface area contributed by atoms with Crippen molar-refractivity contribution >= 4 is 11.2 Å². The minimum absolute atomic E-state index is 0.200. The maximum atomic E-state index is 10.8. The molecule has 1 saturated carbocycles. The average Bonchev–Trinajstić information content (AvgIpc) is 2.21. The first kappa shape index (κ1) is 7.82. The first-order chi connectivity index (χ1) is 5.17. The van der Waals surface area contributed by atoms with Gasteiger partial charge in [0.05, 0.1) is 12.2 Å². The molecular weight excluding hydrogens is 168 g/mol. The van der Waals surface area contributed by atoms with E-state index in [9.17, 15) is 9.11 Å². The molecule has 11 heavy (non-hydrogen) atoms. The zero-order valence-corrected chi connectivity index (χ0v) is 6.84. The second kappa shape index (κ2) is 2.60. The van der Waals surface area contributed by atoms with E-state index in [1.165, 1.54) is 0 Å². The summed E-state index contributed by atoms with van der Waals surface area (Å²) in [5, 5.41) is 0. The van der Waals surface area contributed by atoms with E-state index >= 15 is 0 Å². The van der Waals surface area contributed by atoms with Crippen LogP contribution in [-0.4, -0.2) is 21.3 Å². The van der Waals surface area contributed by atoms with Crippen LogP contribution in [0.5, 0.6) is 0 Å². The lowest BCUT2D eigenvalue weighted by molar-refractivity contribution is 0.110. The Morgan fingerprint density at radius 2 is 1.45 bits per heavy atom. The molecule has 2 atom stereocenters. The van der Waals surface area contributed by atoms with Crippen molar-refractivity contribution < 1.29 is 17.5 Å². The molecular formula is C6H10O4S-2. The van der Waals surface area contributed by atoms with Crippen molar-refractivity contribution in [3.05, 3.63) is 0 Å². The Labute approximate surface area is 67.3 Å². The molecule has 4 nitrogen and oxygen atoms in total. The van der Waals surface area contributed by atoms with Gasteiger partial charge in [-0.25, -0.2) is 0 Å². The van der Waals surface area contributed by atoms with Crippen molar-refractivity contribution in [3.63, 3.8) is 0 Å². The van der Waals surface area contributed by atoms with Gasteiger partial charge in [-0.1, -0.05) is 12.8 Å². The van der Waals surface area contributed by atoms with E-state index in [4.69, 9.17) is 8.37 Å². The molecule has 66 valence electrons. The number of hydrogen-bond acceptors (Lipinski definition) is 4. The molecule has 2 aliphatic rings. The van der Waals surface area contributed by atoms with Gasteiger partial charge in [-0.3, -0.25) is 0 Å². The van der Waals surface area contributed by atoms with E-state index in [0.717, 1.165) is 25.7 Å². The molecule has 1 aliphatic heterocycles. The Morgan fingerprint density at radius 3 is 1.91 bits per heavy atom. The minimum atomic E-state index is -3.63. The van der Waals surface area contributed by atoms with Crippen LogP contribution in [0.4, 0.5) is 0 Å². The molecule has 0 amide bonds. The van der Waals surface area contributed by atoms with Crippen LogP contribution in [0.15, 0.2) is 0 Å². The summed E-state index contributed by atoms with van der Waals surface area (Å²) in [7, 11) is 0. The molecule has 0 aromatic carbocycles. The van der Waals surface area contributed by atoms with E-state index in [2.05, 4.69) is 0 Å². The van der Waals surface area contributed by atoms with Crippen molar-refractivity contribution in [2.45, 2.75) is 37.9 Å². The van der Waals surface area contributed by atoms with Crippen LogP contribution in [0.1, 0.15) is 25.7 Å². The quantitative estimate of drug-likeness (QED) is 0.559. The molecule has 0 N–H and O–H groups in total. The van der Waals surface area contributed by atoms with Gasteiger partial charge in [0.25, 0.3) is 0 Å². The van der Waals surface area contributed by atoms with Crippen molar-refractivity contribution in [3.8, 4) is 0 Å². The van der Waals surface area contributed by atoms with E-state index in [-0.39, 0.29) is 12.2 Å². The smallest absolute Gasteiger partial charge is 0.0973 e. The van der Waals surface area contributed by atoms with E-state index in [0.29, 0.717) is 0 Å². The molecule has 2 unspecified atom stereocenters. The Kier molecular flexibility index (Phi) is 1.85. The van der Waals surface area contributed by atoms with Gasteiger partial charge in [0, 0.05) is 0 Å². The fraction of sp³-hybridized carbons (Fsp3) is 1.00. The SMILES string of the molecule is [O-]S1([O-])OC2CCCCC2O1. The normalized spacial score (nSPS) is 44.9. The van der Waals surface area contributed by atoms with Crippen LogP contribution in [0.3, 0.4) is 0 Å². The van der Waals surface area contributed by atoms with Crippen LogP contribution in [0.25, 0.3) is 0 Å². The monoisotopic (exact) mass is 178 g/mol. The fourth-order valence-electron chi connectivity index (χ4n) is 1.61. The summed E-state index contributed by atoms with van der Waals surface area (Å²) in [5.74, 6) is 0. The summed E-state index contributed by atoms with van der Waals surface area (Å²) in [4.78, 5) is 0. The van der Waals surface area contributed by atoms with Gasteiger partial charge in [0.2, 0.25) is 0 Å². The van der Waals surface area contributed by atoms with Crippen LogP contribution in [0, 0.1) is 0 Å². The molecule has 0 aromatic heterocycles.